The summed E-state index contributed by atoms with van der Waals surface area (Å²) in [6, 6.07) is 20.2. The number of carbonyl (C=O) groups is 2. The van der Waals surface area contributed by atoms with E-state index in [4.69, 9.17) is 4.74 Å². The predicted octanol–water partition coefficient (Wildman–Crippen LogP) is 4.35. The van der Waals surface area contributed by atoms with E-state index in [1.165, 1.54) is 24.3 Å². The summed E-state index contributed by atoms with van der Waals surface area (Å²) in [5, 5.41) is 9.25. The van der Waals surface area contributed by atoms with Crippen LogP contribution >= 0.6 is 0 Å². The van der Waals surface area contributed by atoms with E-state index in [9.17, 15) is 14.7 Å². The molecule has 4 nitrogen and oxygen atoms in total. The van der Waals surface area contributed by atoms with E-state index in [1.807, 2.05) is 31.2 Å². The van der Waals surface area contributed by atoms with Crippen molar-refractivity contribution in [2.75, 3.05) is 0 Å². The molecule has 0 spiro atoms. The van der Waals surface area contributed by atoms with Crippen molar-refractivity contribution in [1.29, 1.82) is 0 Å². The summed E-state index contributed by atoms with van der Waals surface area (Å²) in [6.07, 6.45) is 0.287. The van der Waals surface area contributed by atoms with Crippen molar-refractivity contribution < 1.29 is 19.4 Å². The number of aryl methyl sites for hydroxylation is 1. The molecule has 0 aliphatic carbocycles. The van der Waals surface area contributed by atoms with E-state index < -0.39 is 5.97 Å². The Morgan fingerprint density at radius 1 is 0.808 bits per heavy atom. The highest BCUT2D eigenvalue weighted by Crippen LogP contribution is 2.17. The molecule has 3 aromatic carbocycles. The first-order chi connectivity index (χ1) is 12.5. The molecule has 3 rings (SSSR count). The highest BCUT2D eigenvalue weighted by atomic mass is 16.5. The van der Waals surface area contributed by atoms with Gasteiger partial charge in [-0.1, -0.05) is 42.0 Å². The fraction of sp³-hybridized carbons (Fsp3) is 0.0909. The number of carbonyl (C=O) groups excluding carboxylic acids is 2. The predicted molar refractivity (Wildman–Crippen MR) is 98.7 cm³/mol. The molecule has 130 valence electrons. The lowest BCUT2D eigenvalue weighted by Crippen LogP contribution is -2.08. The average molecular weight is 346 g/mol. The summed E-state index contributed by atoms with van der Waals surface area (Å²) < 4.78 is 5.29. The molecule has 0 aromatic heterocycles. The molecule has 0 atom stereocenters. The van der Waals surface area contributed by atoms with Crippen molar-refractivity contribution in [2.45, 2.75) is 13.3 Å². The van der Waals surface area contributed by atoms with Crippen LogP contribution in [-0.2, 0) is 6.42 Å². The van der Waals surface area contributed by atoms with E-state index in [2.05, 4.69) is 0 Å². The van der Waals surface area contributed by atoms with E-state index in [1.54, 1.807) is 24.3 Å². The van der Waals surface area contributed by atoms with Gasteiger partial charge in [0.2, 0.25) is 0 Å². The third-order valence-electron chi connectivity index (χ3n) is 3.98. The second kappa shape index (κ2) is 7.66. The Morgan fingerprint density at radius 2 is 1.38 bits per heavy atom. The van der Waals surface area contributed by atoms with Crippen LogP contribution in [0.5, 0.6) is 11.5 Å². The summed E-state index contributed by atoms with van der Waals surface area (Å²) in [5.74, 6) is 0.0195. The normalized spacial score (nSPS) is 10.3. The number of esters is 1. The molecule has 0 amide bonds. The van der Waals surface area contributed by atoms with Crippen LogP contribution in [0.1, 0.15) is 31.8 Å². The van der Waals surface area contributed by atoms with Gasteiger partial charge in [-0.15, -0.1) is 0 Å². The van der Waals surface area contributed by atoms with Crippen LogP contribution in [0.2, 0.25) is 0 Å². The molecule has 0 heterocycles. The average Bonchev–Trinajstić information content (AvgIpc) is 2.64. The minimum absolute atomic E-state index is 0.0406. The largest absolute Gasteiger partial charge is 0.508 e. The van der Waals surface area contributed by atoms with Gasteiger partial charge >= 0.3 is 5.97 Å². The highest BCUT2D eigenvalue weighted by Gasteiger charge is 2.10. The van der Waals surface area contributed by atoms with Gasteiger partial charge in [0, 0.05) is 12.0 Å². The summed E-state index contributed by atoms with van der Waals surface area (Å²) in [6.45, 7) is 1.98. The number of phenolic OH excluding ortho intramolecular Hbond substituents is 1. The number of Topliss-reactive ketones (excluding diaryl/α,β-unsaturated/α-hetero) is 1. The van der Waals surface area contributed by atoms with Crippen molar-refractivity contribution in [3.8, 4) is 11.5 Å². The quantitative estimate of drug-likeness (QED) is 0.424. The van der Waals surface area contributed by atoms with Crippen LogP contribution in [0, 0.1) is 6.92 Å². The summed E-state index contributed by atoms with van der Waals surface area (Å²) in [4.78, 5) is 24.3. The van der Waals surface area contributed by atoms with Crippen molar-refractivity contribution in [1.82, 2.24) is 0 Å². The number of ketones is 1. The molecular formula is C22H18O4. The van der Waals surface area contributed by atoms with Crippen LogP contribution < -0.4 is 4.74 Å². The van der Waals surface area contributed by atoms with Gasteiger partial charge in [-0.25, -0.2) is 4.79 Å². The van der Waals surface area contributed by atoms with Crippen molar-refractivity contribution in [2.24, 2.45) is 0 Å². The topological polar surface area (TPSA) is 63.6 Å². The van der Waals surface area contributed by atoms with Crippen LogP contribution in [0.4, 0.5) is 0 Å². The van der Waals surface area contributed by atoms with Gasteiger partial charge < -0.3 is 9.84 Å². The number of hydrogen-bond donors (Lipinski definition) is 1. The standard InChI is InChI=1S/C22H18O4/c1-15-2-6-17(7-3-15)21(24)14-16-4-12-20(13-5-16)26-22(25)18-8-10-19(23)11-9-18/h2-13,23H,14H2,1H3. The van der Waals surface area contributed by atoms with E-state index in [0.717, 1.165) is 11.1 Å². The number of phenols is 1. The summed E-state index contributed by atoms with van der Waals surface area (Å²) in [7, 11) is 0. The zero-order chi connectivity index (χ0) is 18.5. The Hall–Kier alpha value is -3.40. The third kappa shape index (κ3) is 4.36. The molecule has 0 saturated carbocycles. The molecule has 0 unspecified atom stereocenters. The molecule has 26 heavy (non-hydrogen) atoms. The van der Waals surface area contributed by atoms with Gasteiger partial charge in [-0.2, -0.15) is 0 Å². The fourth-order valence-corrected chi connectivity index (χ4v) is 2.47. The van der Waals surface area contributed by atoms with E-state index in [0.29, 0.717) is 16.9 Å². The minimum Gasteiger partial charge on any atom is -0.508 e. The van der Waals surface area contributed by atoms with Crippen molar-refractivity contribution in [3.05, 3.63) is 95.1 Å². The maximum absolute atomic E-state index is 12.3. The molecule has 0 bridgehead atoms. The van der Waals surface area contributed by atoms with Gasteiger partial charge in [0.1, 0.15) is 11.5 Å². The first-order valence-corrected chi connectivity index (χ1v) is 8.21. The molecule has 1 N–H and O–H groups in total. The van der Waals surface area contributed by atoms with Gasteiger partial charge in [0.05, 0.1) is 5.56 Å². The zero-order valence-corrected chi connectivity index (χ0v) is 14.3. The fourth-order valence-electron chi connectivity index (χ4n) is 2.47. The second-order valence-corrected chi connectivity index (χ2v) is 6.05. The molecule has 0 aliphatic rings. The lowest BCUT2D eigenvalue weighted by atomic mass is 10.0. The van der Waals surface area contributed by atoms with Gasteiger partial charge in [-0.3, -0.25) is 4.79 Å². The maximum Gasteiger partial charge on any atom is 0.343 e. The number of ether oxygens (including phenoxy) is 1. The molecule has 0 fully saturated rings. The highest BCUT2D eigenvalue weighted by molar-refractivity contribution is 5.97. The number of hydrogen-bond acceptors (Lipinski definition) is 4. The number of benzene rings is 3. The van der Waals surface area contributed by atoms with Crippen molar-refractivity contribution >= 4 is 11.8 Å². The first kappa shape index (κ1) is 17.4. The Morgan fingerprint density at radius 3 is 2.00 bits per heavy atom. The molecule has 4 heteroatoms. The first-order valence-electron chi connectivity index (χ1n) is 8.21. The molecule has 0 aliphatic heterocycles. The van der Waals surface area contributed by atoms with Crippen LogP contribution in [0.3, 0.4) is 0 Å². The van der Waals surface area contributed by atoms with E-state index >= 15 is 0 Å². The smallest absolute Gasteiger partial charge is 0.343 e. The van der Waals surface area contributed by atoms with Gasteiger partial charge in [0.15, 0.2) is 5.78 Å². The molecule has 0 radical (unpaired) electrons. The van der Waals surface area contributed by atoms with Gasteiger partial charge in [-0.05, 0) is 48.9 Å². The second-order valence-electron chi connectivity index (χ2n) is 6.05. The van der Waals surface area contributed by atoms with Crippen molar-refractivity contribution in [3.63, 3.8) is 0 Å². The Bertz CT molecular complexity index is 829. The number of rotatable bonds is 5. The monoisotopic (exact) mass is 346 g/mol. The Balaban J connectivity index is 1.62. The Labute approximate surface area is 151 Å². The molecule has 0 saturated heterocycles. The Kier molecular flexibility index (Phi) is 5.13. The molecular weight excluding hydrogens is 328 g/mol. The maximum atomic E-state index is 12.3. The third-order valence-corrected chi connectivity index (χ3v) is 3.98. The SMILES string of the molecule is Cc1ccc(C(=O)Cc2ccc(OC(=O)c3ccc(O)cc3)cc2)cc1. The summed E-state index contributed by atoms with van der Waals surface area (Å²) in [5.41, 5.74) is 2.99. The minimum atomic E-state index is -0.506. The van der Waals surface area contributed by atoms with Gasteiger partial charge in [0.25, 0.3) is 0 Å². The zero-order valence-electron chi connectivity index (χ0n) is 14.3. The lowest BCUT2D eigenvalue weighted by molar-refractivity contribution is 0.0734. The summed E-state index contributed by atoms with van der Waals surface area (Å²) >= 11 is 0. The lowest BCUT2D eigenvalue weighted by Gasteiger charge is -2.06. The molecule has 3 aromatic rings. The van der Waals surface area contributed by atoms with E-state index in [-0.39, 0.29) is 18.0 Å². The van der Waals surface area contributed by atoms with Crippen LogP contribution in [0.25, 0.3) is 0 Å². The van der Waals surface area contributed by atoms with Crippen LogP contribution in [-0.4, -0.2) is 16.9 Å². The van der Waals surface area contributed by atoms with Crippen LogP contribution in [0.15, 0.2) is 72.8 Å². The number of aromatic hydroxyl groups is 1.